The highest BCUT2D eigenvalue weighted by Crippen LogP contribution is 2.19. The maximum Gasteiger partial charge on any atom is 0.134 e. The molecule has 0 radical (unpaired) electrons. The van der Waals surface area contributed by atoms with Crippen molar-refractivity contribution in [2.45, 2.75) is 25.3 Å². The molecule has 4 heteroatoms. The Morgan fingerprint density at radius 3 is 3.25 bits per heavy atom. The van der Waals surface area contributed by atoms with Gasteiger partial charge in [0, 0.05) is 6.04 Å². The third-order valence-electron chi connectivity index (χ3n) is 2.72. The predicted octanol–water partition coefficient (Wildman–Crippen LogP) is 0.232. The van der Waals surface area contributed by atoms with E-state index in [4.69, 9.17) is 5.21 Å². The largest absolute Gasteiger partial charge is 0.291 e. The van der Waals surface area contributed by atoms with E-state index < -0.39 is 0 Å². The van der Waals surface area contributed by atoms with Crippen molar-refractivity contribution in [2.75, 3.05) is 19.6 Å². The SMILES string of the molecule is ONC1=NCC2CCCCN2C1. The normalized spacial score (nSPS) is 30.8. The molecule has 68 valence electrons. The Morgan fingerprint density at radius 1 is 1.50 bits per heavy atom. The number of aliphatic imine (C=N–C) groups is 1. The van der Waals surface area contributed by atoms with E-state index in [0.29, 0.717) is 11.9 Å². The Balaban J connectivity index is 2.00. The zero-order valence-electron chi connectivity index (χ0n) is 7.16. The number of hydroxylamine groups is 1. The highest BCUT2D eigenvalue weighted by atomic mass is 16.5. The average Bonchev–Trinajstić information content (AvgIpc) is 2.17. The fourth-order valence-corrected chi connectivity index (χ4v) is 2.00. The molecule has 0 aromatic carbocycles. The first-order chi connectivity index (χ1) is 5.90. The van der Waals surface area contributed by atoms with Gasteiger partial charge in [-0.25, -0.2) is 0 Å². The summed E-state index contributed by atoms with van der Waals surface area (Å²) in [6.07, 6.45) is 3.88. The first-order valence-electron chi connectivity index (χ1n) is 4.57. The molecule has 0 bridgehead atoms. The molecule has 1 fully saturated rings. The summed E-state index contributed by atoms with van der Waals surface area (Å²) >= 11 is 0. The van der Waals surface area contributed by atoms with Gasteiger partial charge < -0.3 is 0 Å². The summed E-state index contributed by atoms with van der Waals surface area (Å²) in [4.78, 5) is 6.64. The van der Waals surface area contributed by atoms with Crippen LogP contribution in [0, 0.1) is 0 Å². The van der Waals surface area contributed by atoms with Crippen molar-refractivity contribution < 1.29 is 5.21 Å². The zero-order valence-corrected chi connectivity index (χ0v) is 7.16. The lowest BCUT2D eigenvalue weighted by Crippen LogP contribution is -2.50. The monoisotopic (exact) mass is 169 g/mol. The lowest BCUT2D eigenvalue weighted by atomic mass is 10.0. The number of nitrogens with zero attached hydrogens (tertiary/aromatic N) is 2. The van der Waals surface area contributed by atoms with Crippen molar-refractivity contribution in [3.8, 4) is 0 Å². The summed E-state index contributed by atoms with van der Waals surface area (Å²) in [5.74, 6) is 0.716. The van der Waals surface area contributed by atoms with E-state index in [9.17, 15) is 0 Å². The minimum Gasteiger partial charge on any atom is -0.291 e. The van der Waals surface area contributed by atoms with Crippen LogP contribution in [-0.4, -0.2) is 41.6 Å². The number of fused-ring (bicyclic) bond motifs is 1. The minimum absolute atomic E-state index is 0.635. The number of hydrogen-bond acceptors (Lipinski definition) is 4. The number of amidine groups is 1. The van der Waals surface area contributed by atoms with Crippen molar-refractivity contribution in [1.82, 2.24) is 10.4 Å². The molecule has 2 aliphatic rings. The topological polar surface area (TPSA) is 47.9 Å². The zero-order chi connectivity index (χ0) is 8.39. The third kappa shape index (κ3) is 1.44. The summed E-state index contributed by atoms with van der Waals surface area (Å²) in [5, 5.41) is 8.67. The number of nitrogens with one attached hydrogen (secondary N) is 1. The van der Waals surface area contributed by atoms with Crippen LogP contribution in [0.15, 0.2) is 4.99 Å². The number of piperidine rings is 1. The molecule has 1 unspecified atom stereocenters. The molecule has 1 atom stereocenters. The van der Waals surface area contributed by atoms with E-state index >= 15 is 0 Å². The maximum atomic E-state index is 8.67. The molecule has 0 spiro atoms. The van der Waals surface area contributed by atoms with E-state index in [0.717, 1.165) is 19.6 Å². The van der Waals surface area contributed by atoms with Crippen molar-refractivity contribution in [3.63, 3.8) is 0 Å². The Bertz CT molecular complexity index is 193. The number of rotatable bonds is 0. The Morgan fingerprint density at radius 2 is 2.42 bits per heavy atom. The average molecular weight is 169 g/mol. The van der Waals surface area contributed by atoms with Gasteiger partial charge in [0.25, 0.3) is 0 Å². The van der Waals surface area contributed by atoms with Gasteiger partial charge in [-0.2, -0.15) is 0 Å². The molecule has 0 aliphatic carbocycles. The second-order valence-electron chi connectivity index (χ2n) is 3.52. The predicted molar refractivity (Wildman–Crippen MR) is 46.4 cm³/mol. The molecule has 2 rings (SSSR count). The van der Waals surface area contributed by atoms with Crippen LogP contribution in [0.4, 0.5) is 0 Å². The van der Waals surface area contributed by atoms with Crippen molar-refractivity contribution in [2.24, 2.45) is 4.99 Å². The van der Waals surface area contributed by atoms with Gasteiger partial charge in [-0.15, -0.1) is 0 Å². The molecule has 4 nitrogen and oxygen atoms in total. The lowest BCUT2D eigenvalue weighted by molar-refractivity contribution is 0.153. The van der Waals surface area contributed by atoms with E-state index in [1.165, 1.54) is 19.3 Å². The van der Waals surface area contributed by atoms with Crippen molar-refractivity contribution in [1.29, 1.82) is 0 Å². The van der Waals surface area contributed by atoms with E-state index in [2.05, 4.69) is 15.4 Å². The first-order valence-corrected chi connectivity index (χ1v) is 4.57. The third-order valence-corrected chi connectivity index (χ3v) is 2.72. The van der Waals surface area contributed by atoms with Crippen molar-refractivity contribution in [3.05, 3.63) is 0 Å². The van der Waals surface area contributed by atoms with Crippen LogP contribution in [0.5, 0.6) is 0 Å². The highest BCUT2D eigenvalue weighted by molar-refractivity contribution is 5.83. The molecule has 2 aliphatic heterocycles. The van der Waals surface area contributed by atoms with Gasteiger partial charge in [-0.05, 0) is 19.4 Å². The fourth-order valence-electron chi connectivity index (χ4n) is 2.00. The van der Waals surface area contributed by atoms with E-state index in [1.807, 2.05) is 0 Å². The summed E-state index contributed by atoms with van der Waals surface area (Å²) in [5.41, 5.74) is 2.15. The van der Waals surface area contributed by atoms with Crippen LogP contribution in [0.3, 0.4) is 0 Å². The molecule has 0 aromatic rings. The maximum absolute atomic E-state index is 8.67. The van der Waals surface area contributed by atoms with Crippen LogP contribution in [0.2, 0.25) is 0 Å². The standard InChI is InChI=1S/C8H15N3O/c12-10-8-6-11-4-2-1-3-7(11)5-9-8/h7,12H,1-6H2,(H,9,10). The second-order valence-corrected chi connectivity index (χ2v) is 3.52. The van der Waals surface area contributed by atoms with Crippen molar-refractivity contribution >= 4 is 5.84 Å². The molecule has 12 heavy (non-hydrogen) atoms. The first kappa shape index (κ1) is 8.01. The molecular weight excluding hydrogens is 154 g/mol. The second kappa shape index (κ2) is 3.41. The van der Waals surface area contributed by atoms with Gasteiger partial charge in [0.2, 0.25) is 0 Å². The Kier molecular flexibility index (Phi) is 2.28. The Hall–Kier alpha value is -0.610. The van der Waals surface area contributed by atoms with Crippen LogP contribution in [0.1, 0.15) is 19.3 Å². The van der Waals surface area contributed by atoms with Gasteiger partial charge in [0.15, 0.2) is 0 Å². The highest BCUT2D eigenvalue weighted by Gasteiger charge is 2.26. The molecular formula is C8H15N3O. The molecule has 1 saturated heterocycles. The minimum atomic E-state index is 0.635. The van der Waals surface area contributed by atoms with Gasteiger partial charge in [0.05, 0.1) is 13.1 Å². The Labute approximate surface area is 72.2 Å². The lowest BCUT2D eigenvalue weighted by Gasteiger charge is -2.37. The molecule has 0 aromatic heterocycles. The molecule has 2 heterocycles. The summed E-state index contributed by atoms with van der Waals surface area (Å²) < 4.78 is 0. The van der Waals surface area contributed by atoms with Crippen LogP contribution >= 0.6 is 0 Å². The summed E-state index contributed by atoms with van der Waals surface area (Å²) in [6, 6.07) is 0.635. The fraction of sp³-hybridized carbons (Fsp3) is 0.875. The van der Waals surface area contributed by atoms with Crippen LogP contribution in [0.25, 0.3) is 0 Å². The van der Waals surface area contributed by atoms with Gasteiger partial charge in [-0.1, -0.05) is 6.42 Å². The summed E-state index contributed by atoms with van der Waals surface area (Å²) in [7, 11) is 0. The van der Waals surface area contributed by atoms with E-state index in [-0.39, 0.29) is 0 Å². The van der Waals surface area contributed by atoms with Crippen LogP contribution in [-0.2, 0) is 0 Å². The van der Waals surface area contributed by atoms with E-state index in [1.54, 1.807) is 0 Å². The smallest absolute Gasteiger partial charge is 0.134 e. The van der Waals surface area contributed by atoms with Crippen LogP contribution < -0.4 is 5.48 Å². The quantitative estimate of drug-likeness (QED) is 0.510. The van der Waals surface area contributed by atoms with Gasteiger partial charge >= 0.3 is 0 Å². The number of hydrogen-bond donors (Lipinski definition) is 2. The summed E-state index contributed by atoms with van der Waals surface area (Å²) in [6.45, 7) is 2.80. The van der Waals surface area contributed by atoms with Gasteiger partial charge in [-0.3, -0.25) is 20.6 Å². The van der Waals surface area contributed by atoms with Gasteiger partial charge in [0.1, 0.15) is 5.84 Å². The molecule has 0 saturated carbocycles. The molecule has 2 N–H and O–H groups in total. The molecule has 0 amide bonds.